The quantitative estimate of drug-likeness (QED) is 0.0339. The summed E-state index contributed by atoms with van der Waals surface area (Å²) in [5, 5.41) is 11.9. The molecule has 0 atom stereocenters. The minimum absolute atomic E-state index is 0.0533. The Hall–Kier alpha value is -9.17. The number of hydrogen-bond acceptors (Lipinski definition) is 21. The zero-order chi connectivity index (χ0) is 79.7. The molecule has 33 heteroatoms. The summed E-state index contributed by atoms with van der Waals surface area (Å²) in [4.78, 5) is 128. The van der Waals surface area contributed by atoms with Crippen LogP contribution in [0.4, 0.5) is 4.79 Å². The van der Waals surface area contributed by atoms with Crippen LogP contribution in [-0.2, 0) is 65.2 Å². The second-order valence-corrected chi connectivity index (χ2v) is 33.3. The molecular formula is C75H92Cl3N11O17S2. The number of nitrogens with zero attached hydrogens (tertiary/aromatic N) is 7. The van der Waals surface area contributed by atoms with Gasteiger partial charge in [-0.15, -0.1) is 23.2 Å². The molecule has 6 amide bonds. The molecular weight excluding hydrogens is 1500 g/mol. The molecule has 6 aliphatic rings. The van der Waals surface area contributed by atoms with Crippen molar-refractivity contribution in [3.63, 3.8) is 0 Å². The van der Waals surface area contributed by atoms with E-state index in [4.69, 9.17) is 52.8 Å². The summed E-state index contributed by atoms with van der Waals surface area (Å²) in [6.07, 6.45) is 3.04. The number of hydrogen-bond donors (Lipinski definition) is 4. The zero-order valence-electron chi connectivity index (χ0n) is 62.4. The summed E-state index contributed by atoms with van der Waals surface area (Å²) in [6.45, 7) is 11.9. The number of nitrogens with one attached hydrogen (secondary N) is 4. The maximum atomic E-state index is 13.1. The normalized spacial score (nSPS) is 16.8. The minimum Gasteiger partial charge on any atom is -0.465 e. The summed E-state index contributed by atoms with van der Waals surface area (Å²) in [5.41, 5.74) is 4.65. The van der Waals surface area contributed by atoms with Crippen LogP contribution in [-0.4, -0.2) is 235 Å². The molecule has 0 aromatic heterocycles. The van der Waals surface area contributed by atoms with Gasteiger partial charge in [0.15, 0.2) is 0 Å². The number of aryl methyl sites for hydroxylation is 4. The smallest absolute Gasteiger partial charge is 0.410 e. The molecule has 11 rings (SSSR count). The molecule has 0 radical (unpaired) electrons. The average molecular weight is 1590 g/mol. The highest BCUT2D eigenvalue weighted by Crippen LogP contribution is 2.35. The number of halogens is 3. The fourth-order valence-corrected chi connectivity index (χ4v) is 14.6. The van der Waals surface area contributed by atoms with Crippen LogP contribution in [0.2, 0.25) is 0 Å². The lowest BCUT2D eigenvalue weighted by atomic mass is 9.88. The highest BCUT2D eigenvalue weighted by Gasteiger charge is 2.49. The van der Waals surface area contributed by atoms with E-state index in [1.165, 1.54) is 35.4 Å². The molecule has 0 saturated carbocycles. The van der Waals surface area contributed by atoms with E-state index in [0.29, 0.717) is 108 Å². The maximum absolute atomic E-state index is 13.1. The van der Waals surface area contributed by atoms with Gasteiger partial charge >= 0.3 is 24.0 Å². The molecule has 6 aliphatic heterocycles. The van der Waals surface area contributed by atoms with Gasteiger partial charge in [-0.05, 0) is 182 Å². The molecule has 6 heterocycles. The summed E-state index contributed by atoms with van der Waals surface area (Å²) in [5.74, 6) is -0.865. The Kier molecular flexibility index (Phi) is 29.7. The number of carbonyl (C=O) groups is 9. The second-order valence-electron chi connectivity index (χ2n) is 27.5. The van der Waals surface area contributed by atoms with Crippen LogP contribution in [0, 0.1) is 13.8 Å². The first-order valence-electron chi connectivity index (χ1n) is 34.5. The van der Waals surface area contributed by atoms with Crippen molar-refractivity contribution >= 4 is 124 Å². The summed E-state index contributed by atoms with van der Waals surface area (Å²) < 4.78 is 69.0. The Morgan fingerprint density at radius 2 is 0.852 bits per heavy atom. The molecule has 0 aliphatic carbocycles. The third kappa shape index (κ3) is 22.5. The molecule has 582 valence electrons. The predicted molar refractivity (Wildman–Crippen MR) is 411 cm³/mol. The Morgan fingerprint density at radius 1 is 0.509 bits per heavy atom. The Labute approximate surface area is 644 Å². The summed E-state index contributed by atoms with van der Waals surface area (Å²) >= 11 is 9.53. The highest BCUT2D eigenvalue weighted by atomic mass is 35.7. The van der Waals surface area contributed by atoms with Crippen LogP contribution in [0.15, 0.2) is 124 Å². The van der Waals surface area contributed by atoms with E-state index in [2.05, 4.69) is 36.2 Å². The number of carbonyl (C=O) groups excluding carboxylic acids is 9. The summed E-state index contributed by atoms with van der Waals surface area (Å²) in [6, 6.07) is 30.9. The number of piperidine rings is 3. The van der Waals surface area contributed by atoms with Crippen molar-refractivity contribution in [1.82, 2.24) is 40.3 Å². The molecule has 5 aromatic carbocycles. The van der Waals surface area contributed by atoms with E-state index in [-0.39, 0.29) is 78.4 Å². The van der Waals surface area contributed by atoms with Gasteiger partial charge in [0.05, 0.1) is 54.9 Å². The third-order valence-electron chi connectivity index (χ3n) is 18.5. The van der Waals surface area contributed by atoms with Crippen LogP contribution >= 0.6 is 33.9 Å². The molecule has 4 N–H and O–H groups in total. The number of amidine groups is 3. The number of alkyl halides is 2. The van der Waals surface area contributed by atoms with Gasteiger partial charge < -0.3 is 54.9 Å². The Balaban J connectivity index is 0.000000206. The molecule has 108 heavy (non-hydrogen) atoms. The van der Waals surface area contributed by atoms with Crippen molar-refractivity contribution in [1.29, 1.82) is 0 Å². The van der Waals surface area contributed by atoms with E-state index in [9.17, 15) is 60.0 Å². The van der Waals surface area contributed by atoms with Crippen LogP contribution < -0.4 is 21.3 Å². The van der Waals surface area contributed by atoms with E-state index >= 15 is 0 Å². The molecule has 28 nitrogen and oxygen atoms in total. The lowest BCUT2D eigenvalue weighted by Crippen LogP contribution is -2.51. The number of amides is 6. The monoisotopic (exact) mass is 1590 g/mol. The van der Waals surface area contributed by atoms with Gasteiger partial charge in [-0.1, -0.05) is 48.5 Å². The number of ether oxygens (including phenoxy) is 4. The van der Waals surface area contributed by atoms with Gasteiger partial charge in [0.2, 0.25) is 19.1 Å². The van der Waals surface area contributed by atoms with Crippen molar-refractivity contribution in [2.45, 2.75) is 108 Å². The lowest BCUT2D eigenvalue weighted by Gasteiger charge is -2.36. The summed E-state index contributed by atoms with van der Waals surface area (Å²) in [7, 11) is 8.83. The largest absolute Gasteiger partial charge is 0.465 e. The topological polar surface area (TPSA) is 357 Å². The van der Waals surface area contributed by atoms with Crippen LogP contribution in [0.1, 0.15) is 150 Å². The third-order valence-corrected chi connectivity index (χ3v) is 21.5. The average Bonchev–Trinajstić information content (AvgIpc) is 1.63. The van der Waals surface area contributed by atoms with Gasteiger partial charge in [0.25, 0.3) is 29.5 Å². The van der Waals surface area contributed by atoms with Crippen molar-refractivity contribution in [2.75, 3.05) is 106 Å². The van der Waals surface area contributed by atoms with Gasteiger partial charge in [0.1, 0.15) is 39.7 Å². The number of rotatable bonds is 15. The highest BCUT2D eigenvalue weighted by molar-refractivity contribution is 8.13. The van der Waals surface area contributed by atoms with Crippen molar-refractivity contribution < 1.29 is 78.9 Å². The molecule has 0 bridgehead atoms. The molecule has 5 aromatic rings. The van der Waals surface area contributed by atoms with Gasteiger partial charge in [0, 0.05) is 92.9 Å². The van der Waals surface area contributed by atoms with E-state index in [1.807, 2.05) is 40.7 Å². The Bertz CT molecular complexity index is 4540. The second kappa shape index (κ2) is 37.3. The SMILES string of the molecule is COC(=O)c1cccc(C2=NC3(CCN(C(=O)OC(C)(C)C)CC3)C(=O)N2)c1.COC(=O)c1cccc(C2=NC3(CCN(S(=O)(=O)CCc4ccc(C(=O)N(C)C)cc4C)CC3)C(=O)N2)c1.COC(=O)c1cccc(C2=NC3(CCNCC3)C(=O)N2)c1.Cc1cc(C(=O)N(C)C)ccc1CCS(=O)(=O)Cl.ClCCl. The first kappa shape index (κ1) is 86.1. The Morgan fingerprint density at radius 3 is 1.18 bits per heavy atom. The van der Waals surface area contributed by atoms with Crippen LogP contribution in [0.3, 0.4) is 0 Å². The van der Waals surface area contributed by atoms with Crippen LogP contribution in [0.25, 0.3) is 0 Å². The van der Waals surface area contributed by atoms with Gasteiger partial charge in [-0.25, -0.2) is 40.3 Å². The molecule has 3 fully saturated rings. The minimum atomic E-state index is -3.56. The first-order valence-corrected chi connectivity index (χ1v) is 39.6. The number of aliphatic imine (C=N–C) groups is 3. The maximum Gasteiger partial charge on any atom is 0.410 e. The number of sulfonamides is 1. The fourth-order valence-electron chi connectivity index (χ4n) is 12.4. The number of esters is 3. The van der Waals surface area contributed by atoms with Gasteiger partial charge in [-0.3, -0.25) is 38.9 Å². The molecule has 0 unspecified atom stereocenters. The number of methoxy groups -OCH3 is 3. The van der Waals surface area contributed by atoms with Crippen molar-refractivity contribution in [3.05, 3.63) is 176 Å². The zero-order valence-corrected chi connectivity index (χ0v) is 66.3. The lowest BCUT2D eigenvalue weighted by molar-refractivity contribution is -0.125. The van der Waals surface area contributed by atoms with Crippen molar-refractivity contribution in [2.24, 2.45) is 15.0 Å². The first-order chi connectivity index (χ1) is 50.8. The van der Waals surface area contributed by atoms with E-state index < -0.39 is 59.2 Å². The fraction of sp³-hybridized carbons (Fsp3) is 0.440. The van der Waals surface area contributed by atoms with Gasteiger partial charge in [-0.2, -0.15) is 0 Å². The van der Waals surface area contributed by atoms with E-state index in [0.717, 1.165) is 40.9 Å². The van der Waals surface area contributed by atoms with Crippen molar-refractivity contribution in [3.8, 4) is 0 Å². The van der Waals surface area contributed by atoms with Crippen LogP contribution in [0.5, 0.6) is 0 Å². The molecule has 3 saturated heterocycles. The predicted octanol–water partition coefficient (Wildman–Crippen LogP) is 7.59. The number of likely N-dealkylation sites (tertiary alicyclic amines) is 1. The standard InChI is InChI=1S/C27H32N4O6S.C20H25N3O5.C15H17N3O3.C12H16ClNO3S.CH2Cl2/c1-18-16-21(24(32)30(2)3)9-8-19(18)10-15-38(35,36)31-13-11-27(12-14-31)26(34)28-23(29-27)20-6-5-7-22(17-20)25(33)37-4;1-19(2,3)28-18(26)23-10-8-20(9-11-23)17(25)21-15(22-20)13-6-5-7-14(12-13)16(24)27-4;1-21-13(19)11-4-2-3-10(9-11)12-17-14(20)15(18-12)5-7-16-8-6-15;1-9-8-11(12(15)14(2)3)5-4-10(9)6-7-18(13,16)17;2-1-3/h5-9,16-17H,10-15H2,1-4H3,(H,28,29,34);5-7,12H,8-11H2,1-4H3,(H,21,22,25);2-4,9,16H,5-8H2,1H3,(H,17,18,20);4-5,8H,6-7H2,1-3H3;1H2. The number of benzene rings is 5. The molecule has 3 spiro atoms. The van der Waals surface area contributed by atoms with E-state index in [1.54, 1.807) is 136 Å².